The molecular weight excluding hydrogens is 266 g/mol. The van der Waals surface area contributed by atoms with Crippen molar-refractivity contribution in [2.75, 3.05) is 11.5 Å². The van der Waals surface area contributed by atoms with Crippen LogP contribution in [0.3, 0.4) is 0 Å². The van der Waals surface area contributed by atoms with Gasteiger partial charge in [0.2, 0.25) is 0 Å². The number of Topliss-reactive ketones (excluding diaryl/α,β-unsaturated/α-hetero) is 1. The summed E-state index contributed by atoms with van der Waals surface area (Å²) in [6.45, 7) is 0. The van der Waals surface area contributed by atoms with Gasteiger partial charge < -0.3 is 4.74 Å². The molecule has 0 unspecified atom stereocenters. The summed E-state index contributed by atoms with van der Waals surface area (Å²) < 4.78 is 6.01. The lowest BCUT2D eigenvalue weighted by atomic mass is 9.85. The van der Waals surface area contributed by atoms with Crippen molar-refractivity contribution in [2.45, 2.75) is 24.9 Å². The number of fused-ring (bicyclic) bond motifs is 1. The molecule has 2 heterocycles. The number of ether oxygens (including phenoxy) is 1. The summed E-state index contributed by atoms with van der Waals surface area (Å²) in [5.41, 5.74) is -0.102. The third-order valence-corrected chi connectivity index (χ3v) is 4.67. The van der Waals surface area contributed by atoms with Gasteiger partial charge in [0.15, 0.2) is 5.78 Å². The first kappa shape index (κ1) is 12.5. The second kappa shape index (κ2) is 4.52. The van der Waals surface area contributed by atoms with Crippen LogP contribution in [0.25, 0.3) is 0 Å². The number of ketones is 1. The summed E-state index contributed by atoms with van der Waals surface area (Å²) in [5.74, 6) is 2.44. The smallest absolute Gasteiger partial charge is 0.270 e. The minimum absolute atomic E-state index is 0.0446. The second-order valence-corrected chi connectivity index (χ2v) is 6.16. The molecule has 6 heteroatoms. The van der Waals surface area contributed by atoms with Gasteiger partial charge in [0.25, 0.3) is 5.69 Å². The second-order valence-electron chi connectivity index (χ2n) is 4.93. The van der Waals surface area contributed by atoms with Crippen LogP contribution in [0.1, 0.15) is 29.6 Å². The molecule has 19 heavy (non-hydrogen) atoms. The zero-order valence-electron chi connectivity index (χ0n) is 10.3. The first-order valence-corrected chi connectivity index (χ1v) is 7.34. The van der Waals surface area contributed by atoms with Crippen LogP contribution >= 0.6 is 11.8 Å². The molecule has 2 aliphatic rings. The van der Waals surface area contributed by atoms with Crippen LogP contribution < -0.4 is 4.74 Å². The Labute approximate surface area is 114 Å². The van der Waals surface area contributed by atoms with Gasteiger partial charge in [0.1, 0.15) is 11.4 Å². The maximum absolute atomic E-state index is 12.2. The van der Waals surface area contributed by atoms with Crippen LogP contribution in [0.2, 0.25) is 0 Å². The number of nitro groups is 1. The molecule has 3 rings (SSSR count). The predicted molar refractivity (Wildman–Crippen MR) is 72.0 cm³/mol. The Kier molecular flexibility index (Phi) is 2.97. The topological polar surface area (TPSA) is 69.4 Å². The molecule has 0 radical (unpaired) electrons. The van der Waals surface area contributed by atoms with Crippen LogP contribution in [-0.2, 0) is 0 Å². The fourth-order valence-electron chi connectivity index (χ4n) is 2.62. The molecule has 1 saturated heterocycles. The zero-order valence-corrected chi connectivity index (χ0v) is 11.1. The average molecular weight is 279 g/mol. The fraction of sp³-hybridized carbons (Fsp3) is 0.462. The third kappa shape index (κ3) is 2.20. The molecule has 1 spiro atoms. The van der Waals surface area contributed by atoms with E-state index >= 15 is 0 Å². The van der Waals surface area contributed by atoms with E-state index in [-0.39, 0.29) is 17.1 Å². The highest BCUT2D eigenvalue weighted by Gasteiger charge is 2.41. The maximum Gasteiger partial charge on any atom is 0.270 e. The minimum Gasteiger partial charge on any atom is -0.486 e. The van der Waals surface area contributed by atoms with Crippen LogP contribution in [0.5, 0.6) is 5.75 Å². The molecule has 100 valence electrons. The van der Waals surface area contributed by atoms with E-state index in [9.17, 15) is 14.9 Å². The number of non-ortho nitro benzene ring substituents is 1. The standard InChI is InChI=1S/C13H13NO4S/c15-11-8-13(3-5-19-6-4-13)18-12-2-1-9(14(16)17)7-10(11)12/h1-2,7H,3-6,8H2. The molecule has 0 atom stereocenters. The SMILES string of the molecule is O=C1CC2(CCSCC2)Oc2ccc([N+](=O)[O-])cc21. The Hall–Kier alpha value is -1.56. The van der Waals surface area contributed by atoms with E-state index in [0.29, 0.717) is 17.7 Å². The van der Waals surface area contributed by atoms with Crippen molar-refractivity contribution in [1.29, 1.82) is 0 Å². The van der Waals surface area contributed by atoms with Gasteiger partial charge in [0.05, 0.1) is 16.9 Å². The molecule has 0 saturated carbocycles. The molecule has 0 bridgehead atoms. The Balaban J connectivity index is 1.97. The Morgan fingerprint density at radius 3 is 2.74 bits per heavy atom. The van der Waals surface area contributed by atoms with Crippen LogP contribution in [0.4, 0.5) is 5.69 Å². The summed E-state index contributed by atoms with van der Waals surface area (Å²) in [4.78, 5) is 22.5. The number of hydrogen-bond donors (Lipinski definition) is 0. The van der Waals surface area contributed by atoms with E-state index in [1.807, 2.05) is 11.8 Å². The van der Waals surface area contributed by atoms with Gasteiger partial charge in [0, 0.05) is 12.1 Å². The molecule has 0 aliphatic carbocycles. The van der Waals surface area contributed by atoms with Gasteiger partial charge in [-0.1, -0.05) is 0 Å². The average Bonchev–Trinajstić information content (AvgIpc) is 2.39. The lowest BCUT2D eigenvalue weighted by Crippen LogP contribution is -2.44. The van der Waals surface area contributed by atoms with E-state index in [2.05, 4.69) is 0 Å². The largest absolute Gasteiger partial charge is 0.486 e. The molecule has 2 aliphatic heterocycles. The van der Waals surface area contributed by atoms with Crippen molar-refractivity contribution >= 4 is 23.2 Å². The van der Waals surface area contributed by atoms with Crippen molar-refractivity contribution in [3.05, 3.63) is 33.9 Å². The zero-order chi connectivity index (χ0) is 13.5. The van der Waals surface area contributed by atoms with E-state index in [1.54, 1.807) is 6.07 Å². The maximum atomic E-state index is 12.2. The molecule has 1 fully saturated rings. The lowest BCUT2D eigenvalue weighted by molar-refractivity contribution is -0.384. The van der Waals surface area contributed by atoms with Crippen molar-refractivity contribution in [1.82, 2.24) is 0 Å². The van der Waals surface area contributed by atoms with Crippen molar-refractivity contribution in [3.8, 4) is 5.75 Å². The van der Waals surface area contributed by atoms with Crippen molar-refractivity contribution in [3.63, 3.8) is 0 Å². The number of nitrogens with zero attached hydrogens (tertiary/aromatic N) is 1. The predicted octanol–water partition coefficient (Wildman–Crippen LogP) is 2.83. The Morgan fingerprint density at radius 2 is 2.05 bits per heavy atom. The Bertz CT molecular complexity index is 552. The molecule has 1 aromatic carbocycles. The Morgan fingerprint density at radius 1 is 1.32 bits per heavy atom. The van der Waals surface area contributed by atoms with Crippen molar-refractivity contribution < 1.29 is 14.5 Å². The number of nitro benzene ring substituents is 1. The third-order valence-electron chi connectivity index (χ3n) is 3.69. The van der Waals surface area contributed by atoms with Crippen LogP contribution in [-0.4, -0.2) is 27.8 Å². The molecule has 0 N–H and O–H groups in total. The van der Waals surface area contributed by atoms with Gasteiger partial charge in [-0.2, -0.15) is 11.8 Å². The monoisotopic (exact) mass is 279 g/mol. The van der Waals surface area contributed by atoms with Gasteiger partial charge in [-0.15, -0.1) is 0 Å². The first-order chi connectivity index (χ1) is 9.10. The fourth-order valence-corrected chi connectivity index (χ4v) is 3.85. The van der Waals surface area contributed by atoms with Gasteiger partial charge in [-0.3, -0.25) is 14.9 Å². The number of hydrogen-bond acceptors (Lipinski definition) is 5. The number of carbonyl (C=O) groups excluding carboxylic acids is 1. The molecule has 5 nitrogen and oxygen atoms in total. The van der Waals surface area contributed by atoms with Crippen LogP contribution in [0.15, 0.2) is 18.2 Å². The summed E-state index contributed by atoms with van der Waals surface area (Å²) in [5, 5.41) is 10.7. The quantitative estimate of drug-likeness (QED) is 0.584. The molecule has 0 amide bonds. The number of thioether (sulfide) groups is 1. The van der Waals surface area contributed by atoms with Crippen molar-refractivity contribution in [2.24, 2.45) is 0 Å². The van der Waals surface area contributed by atoms with E-state index in [4.69, 9.17) is 4.74 Å². The highest BCUT2D eigenvalue weighted by molar-refractivity contribution is 7.99. The van der Waals surface area contributed by atoms with Gasteiger partial charge in [-0.25, -0.2) is 0 Å². The normalized spacial score (nSPS) is 20.7. The number of rotatable bonds is 1. The molecule has 0 aromatic heterocycles. The summed E-state index contributed by atoms with van der Waals surface area (Å²) in [6, 6.07) is 4.26. The van der Waals surface area contributed by atoms with E-state index in [1.165, 1.54) is 12.1 Å². The number of carbonyl (C=O) groups is 1. The lowest BCUT2D eigenvalue weighted by Gasteiger charge is -2.40. The van der Waals surface area contributed by atoms with E-state index < -0.39 is 4.92 Å². The van der Waals surface area contributed by atoms with E-state index in [0.717, 1.165) is 24.3 Å². The molecular formula is C13H13NO4S. The van der Waals surface area contributed by atoms with Gasteiger partial charge in [-0.05, 0) is 30.4 Å². The summed E-state index contributed by atoms with van der Waals surface area (Å²) in [7, 11) is 0. The highest BCUT2D eigenvalue weighted by Crippen LogP contribution is 2.41. The summed E-state index contributed by atoms with van der Waals surface area (Å²) in [6.07, 6.45) is 2.06. The minimum atomic E-state index is -0.491. The first-order valence-electron chi connectivity index (χ1n) is 6.18. The highest BCUT2D eigenvalue weighted by atomic mass is 32.2. The van der Waals surface area contributed by atoms with Crippen LogP contribution in [0, 0.1) is 10.1 Å². The summed E-state index contributed by atoms with van der Waals surface area (Å²) >= 11 is 1.87. The number of benzene rings is 1. The van der Waals surface area contributed by atoms with Gasteiger partial charge >= 0.3 is 0 Å². The molecule has 1 aromatic rings.